The Labute approximate surface area is 114 Å². The minimum absolute atomic E-state index is 0.0803. The van der Waals surface area contributed by atoms with Gasteiger partial charge in [-0.3, -0.25) is 9.69 Å². The van der Waals surface area contributed by atoms with E-state index in [-0.39, 0.29) is 10.9 Å². The molecule has 2 aliphatic heterocycles. The molecule has 18 heavy (non-hydrogen) atoms. The van der Waals surface area contributed by atoms with Crippen molar-refractivity contribution in [1.29, 1.82) is 0 Å². The van der Waals surface area contributed by atoms with Crippen LogP contribution in [0.2, 0.25) is 0 Å². The van der Waals surface area contributed by atoms with E-state index in [2.05, 4.69) is 4.90 Å². The molecule has 2 aliphatic rings. The molecule has 5 heteroatoms. The number of thiocarbonyl (C=S) groups is 1. The van der Waals surface area contributed by atoms with E-state index >= 15 is 0 Å². The van der Waals surface area contributed by atoms with E-state index in [4.69, 9.17) is 18.0 Å². The van der Waals surface area contributed by atoms with Gasteiger partial charge in [0.2, 0.25) is 5.91 Å². The number of nitrogens with two attached hydrogens (primary N) is 1. The van der Waals surface area contributed by atoms with E-state index in [1.807, 2.05) is 18.7 Å². The molecule has 1 unspecified atom stereocenters. The standard InChI is InChI=1S/C13H23N3OS/c1-13(2,11(14)18)12(17)16-8-5-10(9-16)15-6-3-4-7-15/h10H,3-9H2,1-2H3,(H2,14,18). The van der Waals surface area contributed by atoms with E-state index in [0.29, 0.717) is 6.04 Å². The third-order valence-electron chi connectivity index (χ3n) is 4.26. The highest BCUT2D eigenvalue weighted by Gasteiger charge is 2.39. The van der Waals surface area contributed by atoms with Crippen molar-refractivity contribution < 1.29 is 4.79 Å². The number of carbonyl (C=O) groups excluding carboxylic acids is 1. The molecule has 0 saturated carbocycles. The maximum atomic E-state index is 12.4. The number of nitrogens with zero attached hydrogens (tertiary/aromatic N) is 2. The smallest absolute Gasteiger partial charge is 0.235 e. The highest BCUT2D eigenvalue weighted by Crippen LogP contribution is 2.25. The predicted molar refractivity (Wildman–Crippen MR) is 76.4 cm³/mol. The predicted octanol–water partition coefficient (Wildman–Crippen LogP) is 0.995. The van der Waals surface area contributed by atoms with Crippen molar-refractivity contribution in [3.63, 3.8) is 0 Å². The van der Waals surface area contributed by atoms with Crippen LogP contribution in [-0.2, 0) is 4.79 Å². The Morgan fingerprint density at radius 3 is 2.44 bits per heavy atom. The van der Waals surface area contributed by atoms with Crippen molar-refractivity contribution in [2.75, 3.05) is 26.2 Å². The molecule has 1 atom stereocenters. The second kappa shape index (κ2) is 5.13. The van der Waals surface area contributed by atoms with Crippen LogP contribution in [0, 0.1) is 5.41 Å². The molecular formula is C13H23N3OS. The number of amides is 1. The average Bonchev–Trinajstić information content (AvgIpc) is 2.98. The van der Waals surface area contributed by atoms with Gasteiger partial charge in [0, 0.05) is 19.1 Å². The van der Waals surface area contributed by atoms with Gasteiger partial charge in [-0.1, -0.05) is 12.2 Å². The highest BCUT2D eigenvalue weighted by atomic mass is 32.1. The van der Waals surface area contributed by atoms with Crippen molar-refractivity contribution in [3.8, 4) is 0 Å². The lowest BCUT2D eigenvalue weighted by molar-refractivity contribution is -0.136. The quantitative estimate of drug-likeness (QED) is 0.777. The number of likely N-dealkylation sites (tertiary alicyclic amines) is 2. The Bertz CT molecular complexity index is 350. The van der Waals surface area contributed by atoms with Gasteiger partial charge in [-0.15, -0.1) is 0 Å². The number of carbonyl (C=O) groups is 1. The van der Waals surface area contributed by atoms with Crippen LogP contribution in [-0.4, -0.2) is 52.9 Å². The molecule has 0 radical (unpaired) electrons. The molecule has 1 amide bonds. The van der Waals surface area contributed by atoms with Crippen LogP contribution in [0.5, 0.6) is 0 Å². The average molecular weight is 269 g/mol. The summed E-state index contributed by atoms with van der Waals surface area (Å²) in [5.74, 6) is 0.0803. The van der Waals surface area contributed by atoms with Crippen LogP contribution in [0.4, 0.5) is 0 Å². The summed E-state index contributed by atoms with van der Waals surface area (Å²) in [4.78, 5) is 17.1. The Kier molecular flexibility index (Phi) is 3.92. The van der Waals surface area contributed by atoms with Gasteiger partial charge in [-0.25, -0.2) is 0 Å². The van der Waals surface area contributed by atoms with Crippen molar-refractivity contribution in [2.45, 2.75) is 39.2 Å². The molecule has 0 spiro atoms. The minimum atomic E-state index is -0.713. The highest BCUT2D eigenvalue weighted by molar-refractivity contribution is 7.80. The van der Waals surface area contributed by atoms with Crippen molar-refractivity contribution >= 4 is 23.1 Å². The van der Waals surface area contributed by atoms with Gasteiger partial charge < -0.3 is 10.6 Å². The molecule has 0 aliphatic carbocycles. The first kappa shape index (κ1) is 13.7. The summed E-state index contributed by atoms with van der Waals surface area (Å²) in [6, 6.07) is 0.540. The van der Waals surface area contributed by atoms with Gasteiger partial charge in [-0.05, 0) is 46.2 Å². The van der Waals surface area contributed by atoms with Crippen LogP contribution in [0.3, 0.4) is 0 Å². The third kappa shape index (κ3) is 2.52. The largest absolute Gasteiger partial charge is 0.392 e. The zero-order valence-electron chi connectivity index (χ0n) is 11.3. The fourth-order valence-corrected chi connectivity index (χ4v) is 2.92. The summed E-state index contributed by atoms with van der Waals surface area (Å²) < 4.78 is 0. The van der Waals surface area contributed by atoms with Crippen molar-refractivity contribution in [2.24, 2.45) is 11.1 Å². The molecule has 4 nitrogen and oxygen atoms in total. The number of hydrogen-bond donors (Lipinski definition) is 1. The van der Waals surface area contributed by atoms with E-state index in [0.717, 1.165) is 19.5 Å². The van der Waals surface area contributed by atoms with Gasteiger partial charge >= 0.3 is 0 Å². The fraction of sp³-hybridized carbons (Fsp3) is 0.846. The molecule has 102 valence electrons. The van der Waals surface area contributed by atoms with E-state index in [1.54, 1.807) is 0 Å². The first-order valence-electron chi connectivity index (χ1n) is 6.76. The molecule has 2 saturated heterocycles. The van der Waals surface area contributed by atoms with Gasteiger partial charge in [0.25, 0.3) is 0 Å². The lowest BCUT2D eigenvalue weighted by atomic mass is 9.92. The third-order valence-corrected chi connectivity index (χ3v) is 4.77. The fourth-order valence-electron chi connectivity index (χ4n) is 2.83. The van der Waals surface area contributed by atoms with E-state index in [1.165, 1.54) is 25.9 Å². The lowest BCUT2D eigenvalue weighted by Crippen LogP contribution is -2.47. The monoisotopic (exact) mass is 269 g/mol. The molecule has 0 aromatic rings. The van der Waals surface area contributed by atoms with Gasteiger partial charge in [0.05, 0.1) is 10.4 Å². The summed E-state index contributed by atoms with van der Waals surface area (Å²) in [5.41, 5.74) is 4.96. The second-order valence-corrected chi connectivity index (χ2v) is 6.37. The maximum Gasteiger partial charge on any atom is 0.235 e. The Balaban J connectivity index is 1.96. The van der Waals surface area contributed by atoms with Gasteiger partial charge in [0.15, 0.2) is 0 Å². The molecular weight excluding hydrogens is 246 g/mol. The summed E-state index contributed by atoms with van der Waals surface area (Å²) in [6.07, 6.45) is 3.67. The molecule has 2 heterocycles. The Morgan fingerprint density at radius 2 is 1.89 bits per heavy atom. The number of hydrogen-bond acceptors (Lipinski definition) is 3. The molecule has 0 aromatic heterocycles. The second-order valence-electron chi connectivity index (χ2n) is 5.93. The maximum absolute atomic E-state index is 12.4. The number of rotatable bonds is 3. The first-order chi connectivity index (χ1) is 8.43. The summed E-state index contributed by atoms with van der Waals surface area (Å²) in [6.45, 7) is 7.69. The normalized spacial score (nSPS) is 25.7. The van der Waals surface area contributed by atoms with Crippen molar-refractivity contribution in [1.82, 2.24) is 9.80 Å². The van der Waals surface area contributed by atoms with Crippen LogP contribution >= 0.6 is 12.2 Å². The zero-order valence-corrected chi connectivity index (χ0v) is 12.1. The van der Waals surface area contributed by atoms with Gasteiger partial charge in [0.1, 0.15) is 0 Å². The Morgan fingerprint density at radius 1 is 1.28 bits per heavy atom. The lowest BCUT2D eigenvalue weighted by Gasteiger charge is -2.29. The first-order valence-corrected chi connectivity index (χ1v) is 7.17. The van der Waals surface area contributed by atoms with Gasteiger partial charge in [-0.2, -0.15) is 0 Å². The summed E-state index contributed by atoms with van der Waals surface area (Å²) in [5, 5.41) is 0. The van der Waals surface area contributed by atoms with Crippen LogP contribution in [0.25, 0.3) is 0 Å². The SMILES string of the molecule is CC(C)(C(=O)N1CCC(N2CCCC2)C1)C(N)=S. The summed E-state index contributed by atoms with van der Waals surface area (Å²) >= 11 is 5.00. The molecule has 2 fully saturated rings. The molecule has 2 N–H and O–H groups in total. The van der Waals surface area contributed by atoms with Crippen LogP contribution in [0.1, 0.15) is 33.1 Å². The Hall–Kier alpha value is -0.680. The topological polar surface area (TPSA) is 49.6 Å². The molecule has 2 rings (SSSR count). The molecule has 0 aromatic carbocycles. The zero-order chi connectivity index (χ0) is 13.3. The molecule has 0 bridgehead atoms. The summed E-state index contributed by atoms with van der Waals surface area (Å²) in [7, 11) is 0. The van der Waals surface area contributed by atoms with E-state index in [9.17, 15) is 4.79 Å². The minimum Gasteiger partial charge on any atom is -0.392 e. The van der Waals surface area contributed by atoms with Crippen molar-refractivity contribution in [3.05, 3.63) is 0 Å². The van der Waals surface area contributed by atoms with Crippen LogP contribution < -0.4 is 5.73 Å². The van der Waals surface area contributed by atoms with Crippen LogP contribution in [0.15, 0.2) is 0 Å². The van der Waals surface area contributed by atoms with E-state index < -0.39 is 5.41 Å².